The Kier molecular flexibility index (Phi) is 9.23. The second-order valence-corrected chi connectivity index (χ2v) is 9.54. The number of carbonyl (C=O) groups is 4. The van der Waals surface area contributed by atoms with E-state index in [-0.39, 0.29) is 0 Å². The molecule has 0 spiro atoms. The number of nitrogens with one attached hydrogen (secondary N) is 6. The lowest BCUT2D eigenvalue weighted by Crippen LogP contribution is -2.20. The zero-order valence-electron chi connectivity index (χ0n) is 23.3. The standard InChI is InChI=1S/C34H28N6O4/c41-31(23-10-7-16-27(20-23)39-33(43)37-25-12-3-1-4-13-25)35-29-18-9-19-30(22-29)36-32(42)24-11-8-17-28(21-24)40-34(44)38-26-14-5-2-6-15-26/h1-22H,(H,35,41)(H,36,42)(H2,37,39,43)(H2,38,40,44). The summed E-state index contributed by atoms with van der Waals surface area (Å²) in [5.41, 5.74) is 3.75. The van der Waals surface area contributed by atoms with Gasteiger partial charge in [0.2, 0.25) is 0 Å². The van der Waals surface area contributed by atoms with Crippen LogP contribution >= 0.6 is 0 Å². The monoisotopic (exact) mass is 584 g/mol. The maximum Gasteiger partial charge on any atom is 0.323 e. The predicted octanol–water partition coefficient (Wildman–Crippen LogP) is 7.48. The minimum atomic E-state index is -0.436. The van der Waals surface area contributed by atoms with Crippen LogP contribution in [0.1, 0.15) is 20.7 Å². The van der Waals surface area contributed by atoms with Crippen molar-refractivity contribution in [3.05, 3.63) is 145 Å². The van der Waals surface area contributed by atoms with Gasteiger partial charge in [0.1, 0.15) is 0 Å². The third kappa shape index (κ3) is 8.30. The van der Waals surface area contributed by atoms with Crippen LogP contribution in [-0.4, -0.2) is 23.9 Å². The summed E-state index contributed by atoms with van der Waals surface area (Å²) in [7, 11) is 0. The first-order valence-corrected chi connectivity index (χ1v) is 13.6. The molecule has 0 bridgehead atoms. The quantitative estimate of drug-likeness (QED) is 0.112. The summed E-state index contributed by atoms with van der Waals surface area (Å²) in [6.07, 6.45) is 0. The van der Waals surface area contributed by atoms with Gasteiger partial charge >= 0.3 is 12.1 Å². The van der Waals surface area contributed by atoms with E-state index in [1.54, 1.807) is 97.1 Å². The molecule has 0 aliphatic rings. The van der Waals surface area contributed by atoms with E-state index in [0.29, 0.717) is 45.3 Å². The number of hydrogen-bond donors (Lipinski definition) is 6. The van der Waals surface area contributed by atoms with Crippen LogP contribution in [0.15, 0.2) is 133 Å². The predicted molar refractivity (Wildman–Crippen MR) is 173 cm³/mol. The van der Waals surface area contributed by atoms with Gasteiger partial charge in [-0.2, -0.15) is 0 Å². The summed E-state index contributed by atoms with van der Waals surface area (Å²) in [5.74, 6) is -0.790. The fraction of sp³-hybridized carbons (Fsp3) is 0. The van der Waals surface area contributed by atoms with Crippen LogP contribution in [0.2, 0.25) is 0 Å². The topological polar surface area (TPSA) is 140 Å². The highest BCUT2D eigenvalue weighted by atomic mass is 16.2. The average Bonchev–Trinajstić information content (AvgIpc) is 3.02. The number of urea groups is 2. The van der Waals surface area contributed by atoms with Crippen LogP contribution in [0.3, 0.4) is 0 Å². The van der Waals surface area contributed by atoms with E-state index in [1.165, 1.54) is 0 Å². The molecule has 5 aromatic rings. The van der Waals surface area contributed by atoms with Crippen molar-refractivity contribution in [2.24, 2.45) is 0 Å². The Morgan fingerprint density at radius 2 is 0.636 bits per heavy atom. The lowest BCUT2D eigenvalue weighted by atomic mass is 10.1. The van der Waals surface area contributed by atoms with Crippen LogP contribution < -0.4 is 31.9 Å². The molecule has 6 amide bonds. The maximum atomic E-state index is 13.0. The van der Waals surface area contributed by atoms with E-state index in [0.717, 1.165) is 0 Å². The van der Waals surface area contributed by atoms with Crippen molar-refractivity contribution in [3.63, 3.8) is 0 Å². The first-order chi connectivity index (χ1) is 21.4. The van der Waals surface area contributed by atoms with E-state index in [4.69, 9.17) is 0 Å². The van der Waals surface area contributed by atoms with E-state index < -0.39 is 23.9 Å². The highest BCUT2D eigenvalue weighted by Crippen LogP contribution is 2.20. The Labute approximate surface area is 253 Å². The summed E-state index contributed by atoms with van der Waals surface area (Å²) >= 11 is 0. The summed E-state index contributed by atoms with van der Waals surface area (Å²) in [6, 6.07) is 36.9. The first kappa shape index (κ1) is 29.1. The number of anilines is 6. The summed E-state index contributed by atoms with van der Waals surface area (Å²) < 4.78 is 0. The number of amides is 6. The molecule has 0 saturated carbocycles. The molecule has 0 fully saturated rings. The molecule has 0 aliphatic carbocycles. The van der Waals surface area contributed by atoms with Crippen LogP contribution in [0.25, 0.3) is 0 Å². The van der Waals surface area contributed by atoms with Crippen molar-refractivity contribution in [1.82, 2.24) is 0 Å². The normalized spacial score (nSPS) is 10.2. The molecule has 0 atom stereocenters. The molecule has 10 nitrogen and oxygen atoms in total. The van der Waals surface area contributed by atoms with E-state index >= 15 is 0 Å². The third-order valence-corrected chi connectivity index (χ3v) is 6.21. The van der Waals surface area contributed by atoms with Gasteiger partial charge in [-0.05, 0) is 78.9 Å². The number of hydrogen-bond acceptors (Lipinski definition) is 4. The minimum absolute atomic E-state index is 0.331. The van der Waals surface area contributed by atoms with Gasteiger partial charge in [-0.3, -0.25) is 9.59 Å². The molecule has 6 N–H and O–H groups in total. The van der Waals surface area contributed by atoms with Crippen molar-refractivity contribution in [2.75, 3.05) is 31.9 Å². The Morgan fingerprint density at radius 1 is 0.318 bits per heavy atom. The van der Waals surface area contributed by atoms with Gasteiger partial charge in [-0.1, -0.05) is 54.6 Å². The fourth-order valence-corrected chi connectivity index (χ4v) is 4.19. The van der Waals surface area contributed by atoms with Crippen molar-refractivity contribution in [1.29, 1.82) is 0 Å². The molecule has 0 saturated heterocycles. The van der Waals surface area contributed by atoms with Crippen LogP contribution in [0.4, 0.5) is 43.7 Å². The van der Waals surface area contributed by atoms with Crippen molar-refractivity contribution >= 4 is 58.0 Å². The van der Waals surface area contributed by atoms with Gasteiger partial charge in [0.15, 0.2) is 0 Å². The largest absolute Gasteiger partial charge is 0.323 e. The number of rotatable bonds is 8. The first-order valence-electron chi connectivity index (χ1n) is 13.6. The highest BCUT2D eigenvalue weighted by Gasteiger charge is 2.12. The van der Waals surface area contributed by atoms with E-state index in [2.05, 4.69) is 31.9 Å². The molecular weight excluding hydrogens is 556 g/mol. The molecule has 5 rings (SSSR count). The molecule has 218 valence electrons. The molecule has 10 heteroatoms. The number of carbonyl (C=O) groups excluding carboxylic acids is 4. The van der Waals surface area contributed by atoms with Crippen LogP contribution in [-0.2, 0) is 0 Å². The van der Waals surface area contributed by atoms with Crippen molar-refractivity contribution in [2.45, 2.75) is 0 Å². The van der Waals surface area contributed by atoms with Crippen LogP contribution in [0, 0.1) is 0 Å². The molecule has 0 aromatic heterocycles. The van der Waals surface area contributed by atoms with Gasteiger partial charge in [0.05, 0.1) is 0 Å². The van der Waals surface area contributed by atoms with Gasteiger partial charge in [0.25, 0.3) is 11.8 Å². The molecule has 0 heterocycles. The second-order valence-electron chi connectivity index (χ2n) is 9.54. The summed E-state index contributed by atoms with van der Waals surface area (Å²) in [6.45, 7) is 0. The van der Waals surface area contributed by atoms with E-state index in [9.17, 15) is 19.2 Å². The average molecular weight is 585 g/mol. The Hall–Kier alpha value is -6.42. The maximum absolute atomic E-state index is 13.0. The van der Waals surface area contributed by atoms with Crippen molar-refractivity contribution < 1.29 is 19.2 Å². The summed E-state index contributed by atoms with van der Waals surface area (Å²) in [4.78, 5) is 50.6. The molecular formula is C34H28N6O4. The van der Waals surface area contributed by atoms with Gasteiger partial charge in [0, 0.05) is 45.3 Å². The van der Waals surface area contributed by atoms with Gasteiger partial charge in [-0.25, -0.2) is 9.59 Å². The zero-order chi connectivity index (χ0) is 30.7. The lowest BCUT2D eigenvalue weighted by molar-refractivity contribution is 0.101. The number of benzene rings is 5. The zero-order valence-corrected chi connectivity index (χ0v) is 23.3. The molecule has 5 aromatic carbocycles. The molecule has 0 radical (unpaired) electrons. The lowest BCUT2D eigenvalue weighted by Gasteiger charge is -2.11. The molecule has 0 aliphatic heterocycles. The van der Waals surface area contributed by atoms with Gasteiger partial charge in [-0.15, -0.1) is 0 Å². The number of para-hydroxylation sites is 2. The third-order valence-electron chi connectivity index (χ3n) is 6.21. The van der Waals surface area contributed by atoms with Crippen molar-refractivity contribution in [3.8, 4) is 0 Å². The Balaban J connectivity index is 1.17. The second kappa shape index (κ2) is 14.0. The molecule has 44 heavy (non-hydrogen) atoms. The summed E-state index contributed by atoms with van der Waals surface area (Å²) in [5, 5.41) is 16.5. The molecule has 0 unspecified atom stereocenters. The van der Waals surface area contributed by atoms with E-state index in [1.807, 2.05) is 36.4 Å². The minimum Gasteiger partial charge on any atom is -0.322 e. The SMILES string of the molecule is O=C(Nc1ccccc1)Nc1cccc(C(=O)Nc2cccc(NC(=O)c3cccc(NC(=O)Nc4ccccc4)c3)c2)c1. The van der Waals surface area contributed by atoms with Gasteiger partial charge < -0.3 is 31.9 Å². The fourth-order valence-electron chi connectivity index (χ4n) is 4.19. The Bertz CT molecular complexity index is 1670. The smallest absolute Gasteiger partial charge is 0.322 e. The highest BCUT2D eigenvalue weighted by molar-refractivity contribution is 6.08. The van der Waals surface area contributed by atoms with Crippen LogP contribution in [0.5, 0.6) is 0 Å². The Morgan fingerprint density at radius 3 is 1.05 bits per heavy atom.